The number of aryl methyl sites for hydroxylation is 1. The Kier molecular flexibility index (Phi) is 6.40. The van der Waals surface area contributed by atoms with E-state index < -0.39 is 0 Å². The zero-order valence-corrected chi connectivity index (χ0v) is 18.4. The van der Waals surface area contributed by atoms with Crippen molar-refractivity contribution >= 4 is 23.2 Å². The number of nitrogens with zero attached hydrogens (tertiary/aromatic N) is 2. The van der Waals surface area contributed by atoms with Gasteiger partial charge in [-0.3, -0.25) is 9.59 Å². The largest absolute Gasteiger partial charge is 0.495 e. The number of para-hydroxylation sites is 2. The molecule has 1 aliphatic heterocycles. The summed E-state index contributed by atoms with van der Waals surface area (Å²) < 4.78 is 5.47. The van der Waals surface area contributed by atoms with E-state index in [0.717, 1.165) is 30.1 Å². The Morgan fingerprint density at radius 3 is 2.25 bits per heavy atom. The van der Waals surface area contributed by atoms with Crippen molar-refractivity contribution in [1.29, 1.82) is 0 Å². The highest BCUT2D eigenvalue weighted by atomic mass is 16.5. The molecule has 6 nitrogen and oxygen atoms in total. The number of rotatable bonds is 5. The number of hydrogen-bond acceptors (Lipinski definition) is 4. The summed E-state index contributed by atoms with van der Waals surface area (Å²) in [6.45, 7) is 4.62. The van der Waals surface area contributed by atoms with Gasteiger partial charge in [-0.1, -0.05) is 36.4 Å². The van der Waals surface area contributed by atoms with E-state index in [1.54, 1.807) is 25.3 Å². The fraction of sp³-hybridized carbons (Fsp3) is 0.231. The van der Waals surface area contributed by atoms with Gasteiger partial charge in [0.1, 0.15) is 5.75 Å². The van der Waals surface area contributed by atoms with Crippen molar-refractivity contribution in [2.24, 2.45) is 0 Å². The molecule has 0 radical (unpaired) electrons. The SMILES string of the molecule is COc1ccccc1N1CCN(C(=O)c2ccc(C)c(NC(=O)c3ccccc3)c2)CC1. The molecule has 0 unspecified atom stereocenters. The molecule has 1 aliphatic rings. The number of benzene rings is 3. The maximum atomic E-state index is 13.2. The molecular weight excluding hydrogens is 402 g/mol. The summed E-state index contributed by atoms with van der Waals surface area (Å²) in [7, 11) is 1.67. The van der Waals surface area contributed by atoms with Crippen molar-refractivity contribution in [2.45, 2.75) is 6.92 Å². The summed E-state index contributed by atoms with van der Waals surface area (Å²) in [5.41, 5.74) is 3.76. The highest BCUT2D eigenvalue weighted by Gasteiger charge is 2.24. The summed E-state index contributed by atoms with van der Waals surface area (Å²) in [4.78, 5) is 29.8. The van der Waals surface area contributed by atoms with Crippen molar-refractivity contribution in [3.05, 3.63) is 89.5 Å². The zero-order chi connectivity index (χ0) is 22.5. The quantitative estimate of drug-likeness (QED) is 0.660. The average molecular weight is 430 g/mol. The van der Waals surface area contributed by atoms with Gasteiger partial charge < -0.3 is 19.9 Å². The fourth-order valence-corrected chi connectivity index (χ4v) is 3.90. The Morgan fingerprint density at radius 1 is 0.844 bits per heavy atom. The lowest BCUT2D eigenvalue weighted by Crippen LogP contribution is -2.48. The van der Waals surface area contributed by atoms with Gasteiger partial charge in [-0.05, 0) is 48.9 Å². The lowest BCUT2D eigenvalue weighted by Gasteiger charge is -2.36. The van der Waals surface area contributed by atoms with Crippen LogP contribution in [0.2, 0.25) is 0 Å². The third-order valence-corrected chi connectivity index (χ3v) is 5.76. The van der Waals surface area contributed by atoms with E-state index in [2.05, 4.69) is 10.2 Å². The van der Waals surface area contributed by atoms with Crippen LogP contribution in [0.3, 0.4) is 0 Å². The molecule has 3 aromatic rings. The minimum absolute atomic E-state index is 0.0279. The van der Waals surface area contributed by atoms with Crippen LogP contribution in [0.25, 0.3) is 0 Å². The van der Waals surface area contributed by atoms with E-state index in [9.17, 15) is 9.59 Å². The molecule has 0 aliphatic carbocycles. The highest BCUT2D eigenvalue weighted by Crippen LogP contribution is 2.28. The molecule has 1 fully saturated rings. The zero-order valence-electron chi connectivity index (χ0n) is 18.4. The van der Waals surface area contributed by atoms with Crippen molar-refractivity contribution in [1.82, 2.24) is 4.90 Å². The van der Waals surface area contributed by atoms with Crippen molar-refractivity contribution in [2.75, 3.05) is 43.5 Å². The molecule has 0 aromatic heterocycles. The van der Waals surface area contributed by atoms with Crippen molar-refractivity contribution < 1.29 is 14.3 Å². The number of methoxy groups -OCH3 is 1. The van der Waals surface area contributed by atoms with E-state index in [1.165, 1.54) is 0 Å². The maximum absolute atomic E-state index is 13.2. The Hall–Kier alpha value is -3.80. The molecular formula is C26H27N3O3. The van der Waals surface area contributed by atoms with Crippen LogP contribution in [-0.4, -0.2) is 50.0 Å². The van der Waals surface area contributed by atoms with Crippen LogP contribution in [-0.2, 0) is 0 Å². The van der Waals surface area contributed by atoms with Gasteiger partial charge in [0.05, 0.1) is 12.8 Å². The summed E-state index contributed by atoms with van der Waals surface area (Å²) in [5.74, 6) is 0.619. The lowest BCUT2D eigenvalue weighted by molar-refractivity contribution is 0.0746. The number of amides is 2. The number of ether oxygens (including phenoxy) is 1. The molecule has 0 atom stereocenters. The fourth-order valence-electron chi connectivity index (χ4n) is 3.90. The van der Waals surface area contributed by atoms with Gasteiger partial charge in [0.25, 0.3) is 11.8 Å². The number of piperazine rings is 1. The number of anilines is 2. The van der Waals surface area contributed by atoms with Gasteiger partial charge in [0.2, 0.25) is 0 Å². The number of carbonyl (C=O) groups excluding carboxylic acids is 2. The predicted molar refractivity (Wildman–Crippen MR) is 127 cm³/mol. The number of nitrogens with one attached hydrogen (secondary N) is 1. The summed E-state index contributed by atoms with van der Waals surface area (Å²) in [6, 6.07) is 22.4. The minimum Gasteiger partial charge on any atom is -0.495 e. The smallest absolute Gasteiger partial charge is 0.255 e. The van der Waals surface area contributed by atoms with Gasteiger partial charge >= 0.3 is 0 Å². The Balaban J connectivity index is 1.44. The Labute approximate surface area is 188 Å². The topological polar surface area (TPSA) is 61.9 Å². The maximum Gasteiger partial charge on any atom is 0.255 e. The molecule has 1 saturated heterocycles. The van der Waals surface area contributed by atoms with Gasteiger partial charge in [-0.2, -0.15) is 0 Å². The number of carbonyl (C=O) groups is 2. The van der Waals surface area contributed by atoms with E-state index >= 15 is 0 Å². The molecule has 1 heterocycles. The third kappa shape index (κ3) is 4.59. The van der Waals surface area contributed by atoms with Crippen molar-refractivity contribution in [3.63, 3.8) is 0 Å². The van der Waals surface area contributed by atoms with E-state index in [-0.39, 0.29) is 11.8 Å². The Morgan fingerprint density at radius 2 is 1.53 bits per heavy atom. The van der Waals surface area contributed by atoms with E-state index in [1.807, 2.05) is 66.4 Å². The monoisotopic (exact) mass is 429 g/mol. The molecule has 0 spiro atoms. The average Bonchev–Trinajstić information content (AvgIpc) is 2.85. The Bertz CT molecular complexity index is 1110. The minimum atomic E-state index is -0.191. The molecule has 4 rings (SSSR count). The van der Waals surface area contributed by atoms with Crippen LogP contribution in [0, 0.1) is 6.92 Å². The molecule has 6 heteroatoms. The first-order valence-corrected chi connectivity index (χ1v) is 10.7. The predicted octanol–water partition coefficient (Wildman–Crippen LogP) is 4.22. The summed E-state index contributed by atoms with van der Waals surface area (Å²) >= 11 is 0. The van der Waals surface area contributed by atoms with E-state index in [4.69, 9.17) is 4.74 Å². The van der Waals surface area contributed by atoms with Crippen LogP contribution in [0.5, 0.6) is 5.75 Å². The first-order chi connectivity index (χ1) is 15.6. The van der Waals surface area contributed by atoms with Crippen LogP contribution >= 0.6 is 0 Å². The first-order valence-electron chi connectivity index (χ1n) is 10.7. The van der Waals surface area contributed by atoms with Crippen LogP contribution in [0.1, 0.15) is 26.3 Å². The molecule has 0 bridgehead atoms. The molecule has 3 aromatic carbocycles. The van der Waals surface area contributed by atoms with Crippen LogP contribution < -0.4 is 15.0 Å². The van der Waals surface area contributed by atoms with Gasteiger partial charge in [0.15, 0.2) is 0 Å². The third-order valence-electron chi connectivity index (χ3n) is 5.76. The lowest BCUT2D eigenvalue weighted by atomic mass is 10.1. The second-order valence-electron chi connectivity index (χ2n) is 7.80. The van der Waals surface area contributed by atoms with E-state index in [0.29, 0.717) is 29.9 Å². The second-order valence-corrected chi connectivity index (χ2v) is 7.80. The first kappa shape index (κ1) is 21.4. The van der Waals surface area contributed by atoms with Gasteiger partial charge in [-0.15, -0.1) is 0 Å². The normalized spacial score (nSPS) is 13.6. The van der Waals surface area contributed by atoms with Gasteiger partial charge in [-0.25, -0.2) is 0 Å². The molecule has 2 amide bonds. The van der Waals surface area contributed by atoms with Crippen LogP contribution in [0.15, 0.2) is 72.8 Å². The van der Waals surface area contributed by atoms with Crippen molar-refractivity contribution in [3.8, 4) is 5.75 Å². The van der Waals surface area contributed by atoms with Gasteiger partial charge in [0, 0.05) is 43.0 Å². The highest BCUT2D eigenvalue weighted by molar-refractivity contribution is 6.05. The van der Waals surface area contributed by atoms with Crippen LogP contribution in [0.4, 0.5) is 11.4 Å². The molecule has 1 N–H and O–H groups in total. The number of hydrogen-bond donors (Lipinski definition) is 1. The standard InChI is InChI=1S/C26H27N3O3/c1-19-12-13-21(18-22(19)27-25(30)20-8-4-3-5-9-20)26(31)29-16-14-28(15-17-29)23-10-6-7-11-24(23)32-2/h3-13,18H,14-17H2,1-2H3,(H,27,30). The summed E-state index contributed by atoms with van der Waals surface area (Å²) in [5, 5.41) is 2.93. The molecule has 0 saturated carbocycles. The molecule has 164 valence electrons. The summed E-state index contributed by atoms with van der Waals surface area (Å²) in [6.07, 6.45) is 0. The second kappa shape index (κ2) is 9.56. The molecule has 32 heavy (non-hydrogen) atoms.